The summed E-state index contributed by atoms with van der Waals surface area (Å²) in [6.07, 6.45) is 8.86. The standard InChI is InChI=1S/C26H35N5O2/c1-19-27-15-21(16-28-19)30-17-25(31(24(30)32)18-26(33)11-7-12-26)13-10-23(29(2)3)22(14-25)20-8-5-4-6-9-20/h4-6,8-9,15-16,22-23,33H,7,10-14,17-18H2,1-3H3/t22-,23-,25?/m0/s1. The third-order valence-electron chi connectivity index (χ3n) is 8.16. The van der Waals surface area contributed by atoms with Gasteiger partial charge in [-0.05, 0) is 65.1 Å². The number of hydrogen-bond donors (Lipinski definition) is 1. The first-order chi connectivity index (χ1) is 15.8. The van der Waals surface area contributed by atoms with Crippen LogP contribution in [0, 0.1) is 6.92 Å². The Morgan fingerprint density at radius 2 is 1.82 bits per heavy atom. The van der Waals surface area contributed by atoms with Crippen LogP contribution in [0.15, 0.2) is 42.7 Å². The minimum atomic E-state index is -0.761. The molecule has 2 aromatic rings. The van der Waals surface area contributed by atoms with E-state index in [1.165, 1.54) is 5.56 Å². The molecular formula is C26H35N5O2. The first kappa shape index (κ1) is 22.3. The normalized spacial score (nSPS) is 29.1. The van der Waals surface area contributed by atoms with Crippen molar-refractivity contribution < 1.29 is 9.90 Å². The third kappa shape index (κ3) is 4.02. The minimum absolute atomic E-state index is 0.0297. The van der Waals surface area contributed by atoms with Crippen molar-refractivity contribution in [3.8, 4) is 0 Å². The summed E-state index contributed by atoms with van der Waals surface area (Å²) in [4.78, 5) is 28.7. The highest BCUT2D eigenvalue weighted by Crippen LogP contribution is 2.48. The predicted octanol–water partition coefficient (Wildman–Crippen LogP) is 3.58. The molecule has 1 unspecified atom stereocenters. The number of carbonyl (C=O) groups is 1. The monoisotopic (exact) mass is 449 g/mol. The lowest BCUT2D eigenvalue weighted by atomic mass is 9.69. The van der Waals surface area contributed by atoms with Crippen LogP contribution in [0.2, 0.25) is 0 Å². The lowest BCUT2D eigenvalue weighted by Crippen LogP contribution is -2.59. The Kier molecular flexibility index (Phi) is 5.65. The smallest absolute Gasteiger partial charge is 0.325 e. The first-order valence-electron chi connectivity index (χ1n) is 12.1. The van der Waals surface area contributed by atoms with Crippen LogP contribution in [-0.4, -0.2) is 75.3 Å². The molecule has 1 N–H and O–H groups in total. The van der Waals surface area contributed by atoms with Crippen molar-refractivity contribution in [3.05, 3.63) is 54.1 Å². The van der Waals surface area contributed by atoms with Gasteiger partial charge in [-0.1, -0.05) is 30.3 Å². The average Bonchev–Trinajstić information content (AvgIpc) is 3.05. The number of benzene rings is 1. The topological polar surface area (TPSA) is 72.8 Å². The SMILES string of the molecule is Cc1ncc(N2CC3(CC[C@H](N(C)C)[C@H](c4ccccc4)C3)N(CC3(O)CCC3)C2=O)cn1. The van der Waals surface area contributed by atoms with E-state index in [-0.39, 0.29) is 11.6 Å². The van der Waals surface area contributed by atoms with Crippen LogP contribution in [0.25, 0.3) is 0 Å². The zero-order valence-electron chi connectivity index (χ0n) is 19.9. The van der Waals surface area contributed by atoms with Gasteiger partial charge in [-0.3, -0.25) is 4.90 Å². The second-order valence-electron chi connectivity index (χ2n) is 10.5. The van der Waals surface area contributed by atoms with Gasteiger partial charge in [0.25, 0.3) is 0 Å². The van der Waals surface area contributed by atoms with Crippen molar-refractivity contribution in [2.75, 3.05) is 32.1 Å². The summed E-state index contributed by atoms with van der Waals surface area (Å²) in [5.41, 5.74) is 0.977. The molecule has 2 heterocycles. The molecule has 2 aliphatic carbocycles. The molecule has 1 spiro atoms. The van der Waals surface area contributed by atoms with Crippen molar-refractivity contribution in [2.45, 2.75) is 68.5 Å². The summed E-state index contributed by atoms with van der Waals surface area (Å²) >= 11 is 0. The Morgan fingerprint density at radius 1 is 1.12 bits per heavy atom. The average molecular weight is 450 g/mol. The van der Waals surface area contributed by atoms with Crippen molar-refractivity contribution in [3.63, 3.8) is 0 Å². The molecule has 7 heteroatoms. The highest BCUT2D eigenvalue weighted by molar-refractivity contribution is 5.95. The number of carbonyl (C=O) groups excluding carboxylic acids is 1. The van der Waals surface area contributed by atoms with E-state index in [1.807, 2.05) is 16.7 Å². The first-order valence-corrected chi connectivity index (χ1v) is 12.1. The summed E-state index contributed by atoms with van der Waals surface area (Å²) in [6.45, 7) is 2.86. The highest BCUT2D eigenvalue weighted by atomic mass is 16.3. The van der Waals surface area contributed by atoms with Gasteiger partial charge in [0.1, 0.15) is 5.82 Å². The van der Waals surface area contributed by atoms with E-state index >= 15 is 0 Å². The van der Waals surface area contributed by atoms with Gasteiger partial charge in [0.05, 0.1) is 42.3 Å². The zero-order valence-corrected chi connectivity index (χ0v) is 19.9. The van der Waals surface area contributed by atoms with Gasteiger partial charge in [-0.15, -0.1) is 0 Å². The molecule has 3 fully saturated rings. The van der Waals surface area contributed by atoms with Gasteiger partial charge < -0.3 is 14.9 Å². The number of amides is 2. The van der Waals surface area contributed by atoms with Gasteiger partial charge in [-0.2, -0.15) is 0 Å². The van der Waals surface area contributed by atoms with Crippen LogP contribution in [0.4, 0.5) is 10.5 Å². The number of urea groups is 1. The van der Waals surface area contributed by atoms with Crippen LogP contribution in [-0.2, 0) is 0 Å². The maximum absolute atomic E-state index is 13.8. The lowest BCUT2D eigenvalue weighted by Gasteiger charge is -2.50. The summed E-state index contributed by atoms with van der Waals surface area (Å²) in [7, 11) is 4.31. The Hall–Kier alpha value is -2.51. The molecule has 1 aromatic carbocycles. The second kappa shape index (κ2) is 8.37. The summed E-state index contributed by atoms with van der Waals surface area (Å²) in [5, 5.41) is 11.1. The molecule has 1 saturated heterocycles. The van der Waals surface area contributed by atoms with Crippen LogP contribution >= 0.6 is 0 Å². The number of anilines is 1. The van der Waals surface area contributed by atoms with Crippen LogP contribution < -0.4 is 4.90 Å². The number of nitrogens with zero attached hydrogens (tertiary/aromatic N) is 5. The fourth-order valence-electron chi connectivity index (χ4n) is 6.11. The number of likely N-dealkylation sites (N-methyl/N-ethyl adjacent to an activating group) is 1. The fraction of sp³-hybridized carbons (Fsp3) is 0.577. The number of aliphatic hydroxyl groups is 1. The molecule has 2 saturated carbocycles. The second-order valence-corrected chi connectivity index (χ2v) is 10.5. The van der Waals surface area contributed by atoms with Crippen molar-refractivity contribution in [1.82, 2.24) is 19.8 Å². The van der Waals surface area contributed by atoms with E-state index in [0.29, 0.717) is 30.9 Å². The maximum atomic E-state index is 13.8. The molecular weight excluding hydrogens is 414 g/mol. The summed E-state index contributed by atoms with van der Waals surface area (Å²) < 4.78 is 0. The van der Waals surface area contributed by atoms with E-state index in [1.54, 1.807) is 12.4 Å². The van der Waals surface area contributed by atoms with E-state index in [4.69, 9.17) is 0 Å². The fourth-order valence-corrected chi connectivity index (χ4v) is 6.11. The van der Waals surface area contributed by atoms with E-state index in [9.17, 15) is 9.90 Å². The lowest BCUT2D eigenvalue weighted by molar-refractivity contribution is -0.0694. The number of β-amino-alcohol motifs (C(OH)–C–C–N with tert-alkyl or cyclic N) is 1. The Balaban J connectivity index is 1.52. The maximum Gasteiger partial charge on any atom is 0.325 e. The van der Waals surface area contributed by atoms with Crippen LogP contribution in [0.5, 0.6) is 0 Å². The molecule has 1 aliphatic heterocycles. The van der Waals surface area contributed by atoms with Gasteiger partial charge in [0, 0.05) is 12.0 Å². The molecule has 2 amide bonds. The summed E-state index contributed by atoms with van der Waals surface area (Å²) in [6, 6.07) is 11.1. The van der Waals surface area contributed by atoms with Crippen molar-refractivity contribution in [1.29, 1.82) is 0 Å². The quantitative estimate of drug-likeness (QED) is 0.755. The van der Waals surface area contributed by atoms with E-state index < -0.39 is 5.60 Å². The largest absolute Gasteiger partial charge is 0.388 e. The van der Waals surface area contributed by atoms with Crippen molar-refractivity contribution in [2.24, 2.45) is 0 Å². The molecule has 3 aliphatic rings. The van der Waals surface area contributed by atoms with E-state index in [0.717, 1.165) is 44.2 Å². The number of aromatic nitrogens is 2. The molecule has 0 radical (unpaired) electrons. The minimum Gasteiger partial charge on any atom is -0.388 e. The molecule has 0 bridgehead atoms. The van der Waals surface area contributed by atoms with Gasteiger partial charge in [0.15, 0.2) is 0 Å². The Bertz CT molecular complexity index is 992. The van der Waals surface area contributed by atoms with E-state index in [2.05, 4.69) is 59.3 Å². The molecule has 176 valence electrons. The van der Waals surface area contributed by atoms with Crippen molar-refractivity contribution >= 4 is 11.7 Å². The highest BCUT2D eigenvalue weighted by Gasteiger charge is 2.56. The van der Waals surface area contributed by atoms with Crippen LogP contribution in [0.3, 0.4) is 0 Å². The van der Waals surface area contributed by atoms with Gasteiger partial charge in [-0.25, -0.2) is 14.8 Å². The predicted molar refractivity (Wildman–Crippen MR) is 128 cm³/mol. The third-order valence-corrected chi connectivity index (χ3v) is 8.16. The Morgan fingerprint density at radius 3 is 2.42 bits per heavy atom. The number of hydrogen-bond acceptors (Lipinski definition) is 5. The van der Waals surface area contributed by atoms with Gasteiger partial charge >= 0.3 is 6.03 Å². The van der Waals surface area contributed by atoms with Gasteiger partial charge in [0.2, 0.25) is 0 Å². The number of rotatable bonds is 5. The molecule has 5 rings (SSSR count). The number of aryl methyl sites for hydroxylation is 1. The summed E-state index contributed by atoms with van der Waals surface area (Å²) in [5.74, 6) is 1.01. The molecule has 3 atom stereocenters. The Labute approximate surface area is 196 Å². The van der Waals surface area contributed by atoms with Crippen LogP contribution in [0.1, 0.15) is 55.8 Å². The zero-order chi connectivity index (χ0) is 23.2. The molecule has 7 nitrogen and oxygen atoms in total. The molecule has 33 heavy (non-hydrogen) atoms. The molecule has 1 aromatic heterocycles.